The van der Waals surface area contributed by atoms with Crippen LogP contribution >= 0.6 is 11.6 Å². The van der Waals surface area contributed by atoms with E-state index in [4.69, 9.17) is 16.3 Å². The summed E-state index contributed by atoms with van der Waals surface area (Å²) in [5, 5.41) is 15.4. The predicted octanol–water partition coefficient (Wildman–Crippen LogP) is 3.36. The van der Waals surface area contributed by atoms with Gasteiger partial charge in [-0.15, -0.1) is 0 Å². The highest BCUT2D eigenvalue weighted by molar-refractivity contribution is 6.44. The van der Waals surface area contributed by atoms with E-state index < -0.39 is 44.9 Å². The summed E-state index contributed by atoms with van der Waals surface area (Å²) in [7, 11) is -1.69. The monoisotopic (exact) mass is 596 g/mol. The summed E-state index contributed by atoms with van der Waals surface area (Å²) in [6, 6.07) is 7.39. The molecule has 3 amide bonds. The molecule has 3 rings (SSSR count). The van der Waals surface area contributed by atoms with E-state index in [0.29, 0.717) is 32.2 Å². The Morgan fingerprint density at radius 2 is 2.12 bits per heavy atom. The van der Waals surface area contributed by atoms with E-state index in [1.54, 1.807) is 0 Å². The molecular formula is C27H35ClF2N4O5Si. The van der Waals surface area contributed by atoms with Crippen molar-refractivity contribution in [1.82, 2.24) is 20.6 Å². The van der Waals surface area contributed by atoms with Crippen molar-refractivity contribution >= 4 is 39.2 Å². The number of nitrogens with zero attached hydrogens (tertiary/aromatic N) is 1. The van der Waals surface area contributed by atoms with Crippen LogP contribution in [-0.4, -0.2) is 56.9 Å². The number of aromatic nitrogens is 1. The first kappa shape index (κ1) is 31.4. The van der Waals surface area contributed by atoms with Gasteiger partial charge in [-0.3, -0.25) is 14.6 Å². The van der Waals surface area contributed by atoms with Crippen LogP contribution in [0.3, 0.4) is 0 Å². The molecule has 1 aliphatic rings. The number of hydrogen-bond acceptors (Lipinski definition) is 6. The molecule has 218 valence electrons. The molecule has 1 aromatic carbocycles. The van der Waals surface area contributed by atoms with E-state index in [1.165, 1.54) is 42.7 Å². The SMILES string of the molecule is CCCC[C@H]([SiH2]NC(=O)OC(c1cccnc1)C(F)(F)c1cccc(Cl)c1)C(=O)N[C@H](CO)C[C@@H]1CCNC1=O. The number of aliphatic hydroxyl groups is 1. The van der Waals surface area contributed by atoms with Crippen LogP contribution in [0, 0.1) is 5.92 Å². The van der Waals surface area contributed by atoms with Crippen molar-refractivity contribution in [1.29, 1.82) is 0 Å². The molecule has 13 heteroatoms. The van der Waals surface area contributed by atoms with Gasteiger partial charge in [-0.2, -0.15) is 8.78 Å². The largest absolute Gasteiger partial charge is 0.435 e. The normalized spacial score (nSPS) is 17.7. The summed E-state index contributed by atoms with van der Waals surface area (Å²) in [4.78, 5) is 44.3. The number of unbranched alkanes of at least 4 members (excludes halogenated alkanes) is 1. The lowest BCUT2D eigenvalue weighted by Gasteiger charge is -2.28. The topological polar surface area (TPSA) is 130 Å². The second kappa shape index (κ2) is 15.1. The molecule has 40 heavy (non-hydrogen) atoms. The van der Waals surface area contributed by atoms with Gasteiger partial charge in [0.25, 0.3) is 0 Å². The third-order valence-electron chi connectivity index (χ3n) is 6.82. The van der Waals surface area contributed by atoms with Gasteiger partial charge in [0, 0.05) is 46.5 Å². The lowest BCUT2D eigenvalue weighted by Crippen LogP contribution is -2.45. The zero-order valence-corrected chi connectivity index (χ0v) is 24.4. The predicted molar refractivity (Wildman–Crippen MR) is 149 cm³/mol. The van der Waals surface area contributed by atoms with Gasteiger partial charge in [-0.25, -0.2) is 4.79 Å². The maximum atomic E-state index is 15.6. The zero-order chi connectivity index (χ0) is 29.1. The van der Waals surface area contributed by atoms with Gasteiger partial charge in [-0.1, -0.05) is 49.6 Å². The van der Waals surface area contributed by atoms with Crippen molar-refractivity contribution in [3.05, 3.63) is 64.9 Å². The number of nitrogens with one attached hydrogen (secondary N) is 3. The van der Waals surface area contributed by atoms with Crippen LogP contribution in [0.4, 0.5) is 13.6 Å². The molecule has 1 fully saturated rings. The maximum absolute atomic E-state index is 15.6. The number of hydrogen-bond donors (Lipinski definition) is 4. The fraction of sp³-hybridized carbons (Fsp3) is 0.481. The van der Waals surface area contributed by atoms with Crippen LogP contribution in [0.1, 0.15) is 56.3 Å². The average molecular weight is 597 g/mol. The Morgan fingerprint density at radius 3 is 2.75 bits per heavy atom. The van der Waals surface area contributed by atoms with Crippen LogP contribution < -0.4 is 15.6 Å². The standard InChI is InChI=1S/C27H35ClF2N4O5Si/c1-2-3-9-22(25(37)33-21(16-35)13-17-10-12-32-24(17)36)40-34-26(38)39-23(18-6-5-11-31-15-18)27(29,30)19-7-4-8-20(28)14-19/h4-8,11,14-15,17,21-23,35H,2-3,9-10,12-13,16,40H2,1H3,(H,32,36)(H,33,37)(H,34,38)/t17-,21-,22-,23?/m0/s1. The van der Waals surface area contributed by atoms with Crippen molar-refractivity contribution in [2.45, 2.75) is 62.6 Å². The smallest absolute Gasteiger partial charge is 0.399 e. The molecular weight excluding hydrogens is 562 g/mol. The number of carbonyl (C=O) groups is 3. The number of rotatable bonds is 14. The zero-order valence-electron chi connectivity index (χ0n) is 22.2. The van der Waals surface area contributed by atoms with Crippen molar-refractivity contribution in [2.24, 2.45) is 5.92 Å². The molecule has 0 radical (unpaired) electrons. The van der Waals surface area contributed by atoms with Gasteiger partial charge in [-0.05, 0) is 37.5 Å². The van der Waals surface area contributed by atoms with Gasteiger partial charge in [0.15, 0.2) is 6.10 Å². The molecule has 2 aromatic rings. The summed E-state index contributed by atoms with van der Waals surface area (Å²) < 4.78 is 36.5. The molecule has 1 aliphatic heterocycles. The average Bonchev–Trinajstić information content (AvgIpc) is 3.35. The second-order valence-corrected chi connectivity index (χ2v) is 12.0. The highest BCUT2D eigenvalue weighted by Gasteiger charge is 2.46. The second-order valence-electron chi connectivity index (χ2n) is 9.83. The summed E-state index contributed by atoms with van der Waals surface area (Å²) in [6.45, 7) is 2.19. The fourth-order valence-electron chi connectivity index (χ4n) is 4.57. The number of carbonyl (C=O) groups excluding carboxylic acids is 3. The van der Waals surface area contributed by atoms with E-state index in [2.05, 4.69) is 20.6 Å². The minimum Gasteiger partial charge on any atom is -0.435 e. The quantitative estimate of drug-likeness (QED) is 0.248. The molecule has 4 atom stereocenters. The first-order valence-electron chi connectivity index (χ1n) is 13.3. The molecule has 9 nitrogen and oxygen atoms in total. The number of amides is 3. The number of halogens is 3. The highest BCUT2D eigenvalue weighted by Crippen LogP contribution is 2.43. The Hall–Kier alpha value is -3.09. The van der Waals surface area contributed by atoms with Gasteiger partial charge in [0.05, 0.1) is 12.6 Å². The van der Waals surface area contributed by atoms with Crippen LogP contribution in [-0.2, 0) is 20.2 Å². The fourth-order valence-corrected chi connectivity index (χ4v) is 6.06. The van der Waals surface area contributed by atoms with Gasteiger partial charge in [0.2, 0.25) is 11.8 Å². The third-order valence-corrected chi connectivity index (χ3v) is 8.82. The minimum atomic E-state index is -3.63. The molecule has 0 bridgehead atoms. The maximum Gasteiger partial charge on any atom is 0.399 e. The molecule has 2 heterocycles. The van der Waals surface area contributed by atoms with E-state index >= 15 is 8.78 Å². The van der Waals surface area contributed by atoms with Crippen LogP contribution in [0.5, 0.6) is 0 Å². The van der Waals surface area contributed by atoms with Crippen LogP contribution in [0.15, 0.2) is 48.8 Å². The van der Waals surface area contributed by atoms with Crippen molar-refractivity contribution in [3.8, 4) is 0 Å². The highest BCUT2D eigenvalue weighted by atomic mass is 35.5. The summed E-state index contributed by atoms with van der Waals surface area (Å²) in [6.07, 6.45) is 2.48. The molecule has 1 unspecified atom stereocenters. The number of alkyl halides is 2. The van der Waals surface area contributed by atoms with Crippen molar-refractivity contribution in [3.63, 3.8) is 0 Å². The number of aliphatic hydroxyl groups excluding tert-OH is 1. The Kier molecular flexibility index (Phi) is 11.8. The lowest BCUT2D eigenvalue weighted by molar-refractivity contribution is -0.125. The van der Waals surface area contributed by atoms with Crippen LogP contribution in [0.2, 0.25) is 10.6 Å². The number of ether oxygens (including phenoxy) is 1. The van der Waals surface area contributed by atoms with E-state index in [0.717, 1.165) is 12.5 Å². The van der Waals surface area contributed by atoms with Crippen LogP contribution in [0.25, 0.3) is 0 Å². The van der Waals surface area contributed by atoms with E-state index in [1.807, 2.05) is 6.92 Å². The molecule has 0 aliphatic carbocycles. The molecule has 1 saturated heterocycles. The summed E-state index contributed by atoms with van der Waals surface area (Å²) in [5.41, 5.74) is -0.999. The lowest BCUT2D eigenvalue weighted by atomic mass is 9.98. The van der Waals surface area contributed by atoms with Gasteiger partial charge in [0.1, 0.15) is 9.68 Å². The van der Waals surface area contributed by atoms with E-state index in [9.17, 15) is 19.5 Å². The molecule has 4 N–H and O–H groups in total. The Balaban J connectivity index is 1.68. The first-order valence-corrected chi connectivity index (χ1v) is 15.2. The minimum absolute atomic E-state index is 0.00805. The Bertz CT molecular complexity index is 1150. The Labute approximate surface area is 239 Å². The number of pyridine rings is 1. The first-order chi connectivity index (χ1) is 19.1. The molecule has 0 saturated carbocycles. The van der Waals surface area contributed by atoms with Gasteiger partial charge >= 0.3 is 12.0 Å². The van der Waals surface area contributed by atoms with Gasteiger partial charge < -0.3 is 25.5 Å². The summed E-state index contributed by atoms with van der Waals surface area (Å²) >= 11 is 5.93. The molecule has 0 spiro atoms. The Morgan fingerprint density at radius 1 is 1.32 bits per heavy atom. The molecule has 1 aromatic heterocycles. The van der Waals surface area contributed by atoms with E-state index in [-0.39, 0.29) is 34.9 Å². The van der Waals surface area contributed by atoms with Crippen molar-refractivity contribution in [2.75, 3.05) is 13.2 Å². The summed E-state index contributed by atoms with van der Waals surface area (Å²) in [5.74, 6) is -4.38. The third kappa shape index (κ3) is 8.70. The van der Waals surface area contributed by atoms with Crippen molar-refractivity contribution < 1.29 is 33.0 Å². The number of benzene rings is 1.